The van der Waals surface area contributed by atoms with Crippen LogP contribution in [0.2, 0.25) is 0 Å². The fourth-order valence-electron chi connectivity index (χ4n) is 3.69. The first-order valence-corrected chi connectivity index (χ1v) is 8.69. The van der Waals surface area contributed by atoms with E-state index >= 15 is 0 Å². The summed E-state index contributed by atoms with van der Waals surface area (Å²) >= 11 is 0. The molecule has 0 radical (unpaired) electrons. The molecule has 2 aliphatic rings. The van der Waals surface area contributed by atoms with Crippen LogP contribution in [0, 0.1) is 5.92 Å². The highest BCUT2D eigenvalue weighted by atomic mass is 16.2. The van der Waals surface area contributed by atoms with Gasteiger partial charge in [-0.05, 0) is 45.7 Å². The predicted molar refractivity (Wildman–Crippen MR) is 87.1 cm³/mol. The van der Waals surface area contributed by atoms with Crippen molar-refractivity contribution in [2.45, 2.75) is 77.0 Å². The lowest BCUT2D eigenvalue weighted by molar-refractivity contribution is -0.134. The van der Waals surface area contributed by atoms with Crippen molar-refractivity contribution in [3.63, 3.8) is 0 Å². The first-order chi connectivity index (χ1) is 9.95. The normalized spacial score (nSPS) is 29.8. The molecule has 21 heavy (non-hydrogen) atoms. The minimum atomic E-state index is 0.0193. The molecular formula is C17H33N3O. The topological polar surface area (TPSA) is 35.6 Å². The first-order valence-electron chi connectivity index (χ1n) is 8.69. The zero-order valence-corrected chi connectivity index (χ0v) is 14.5. The van der Waals surface area contributed by atoms with Crippen LogP contribution in [-0.2, 0) is 4.79 Å². The van der Waals surface area contributed by atoms with Crippen LogP contribution in [0.4, 0.5) is 0 Å². The van der Waals surface area contributed by atoms with Crippen LogP contribution in [-0.4, -0.2) is 54.1 Å². The average Bonchev–Trinajstić information content (AvgIpc) is 2.70. The quantitative estimate of drug-likeness (QED) is 0.783. The number of amides is 1. The highest BCUT2D eigenvalue weighted by molar-refractivity contribution is 5.84. The van der Waals surface area contributed by atoms with Gasteiger partial charge in [0.1, 0.15) is 0 Å². The monoisotopic (exact) mass is 295 g/mol. The zero-order chi connectivity index (χ0) is 15.6. The van der Waals surface area contributed by atoms with Gasteiger partial charge in [-0.25, -0.2) is 0 Å². The number of hydrogen-bond donors (Lipinski definition) is 1. The third-order valence-corrected chi connectivity index (χ3v) is 5.77. The molecular weight excluding hydrogens is 262 g/mol. The summed E-state index contributed by atoms with van der Waals surface area (Å²) in [4.78, 5) is 17.4. The van der Waals surface area contributed by atoms with Crippen LogP contribution in [0.15, 0.2) is 0 Å². The molecule has 1 saturated heterocycles. The fraction of sp³-hybridized carbons (Fsp3) is 0.941. The summed E-state index contributed by atoms with van der Waals surface area (Å²) in [5, 5.41) is 3.61. The maximum Gasteiger partial charge on any atom is 0.241 e. The lowest BCUT2D eigenvalue weighted by Gasteiger charge is -2.50. The van der Waals surface area contributed by atoms with Crippen molar-refractivity contribution < 1.29 is 4.79 Å². The van der Waals surface area contributed by atoms with Crippen LogP contribution in [0.1, 0.15) is 59.3 Å². The molecule has 2 fully saturated rings. The van der Waals surface area contributed by atoms with E-state index in [0.29, 0.717) is 11.8 Å². The van der Waals surface area contributed by atoms with E-state index in [9.17, 15) is 4.79 Å². The van der Waals surface area contributed by atoms with Gasteiger partial charge in [-0.1, -0.05) is 33.6 Å². The highest BCUT2D eigenvalue weighted by Gasteiger charge is 2.47. The Morgan fingerprint density at radius 3 is 2.48 bits per heavy atom. The summed E-state index contributed by atoms with van der Waals surface area (Å²) in [7, 11) is 4.32. The summed E-state index contributed by atoms with van der Waals surface area (Å²) in [5.74, 6) is 0.745. The molecule has 1 N–H and O–H groups in total. The van der Waals surface area contributed by atoms with Crippen molar-refractivity contribution in [3.8, 4) is 0 Å². The Labute approximate surface area is 130 Å². The summed E-state index contributed by atoms with van der Waals surface area (Å²) in [6.45, 7) is 7.45. The molecule has 1 saturated carbocycles. The van der Waals surface area contributed by atoms with E-state index in [2.05, 4.69) is 50.0 Å². The van der Waals surface area contributed by atoms with Crippen LogP contribution in [0.3, 0.4) is 0 Å². The van der Waals surface area contributed by atoms with Gasteiger partial charge < -0.3 is 9.80 Å². The van der Waals surface area contributed by atoms with Gasteiger partial charge in [-0.3, -0.25) is 10.1 Å². The van der Waals surface area contributed by atoms with Gasteiger partial charge in [-0.2, -0.15) is 0 Å². The summed E-state index contributed by atoms with van der Waals surface area (Å²) in [5.41, 5.74) is 0.216. The molecule has 1 aliphatic carbocycles. The Hall–Kier alpha value is -0.610. The first kappa shape index (κ1) is 16.8. The van der Waals surface area contributed by atoms with E-state index in [-0.39, 0.29) is 17.7 Å². The van der Waals surface area contributed by atoms with Gasteiger partial charge in [0, 0.05) is 12.1 Å². The zero-order valence-electron chi connectivity index (χ0n) is 14.5. The standard InChI is InChI=1S/C17H33N3O/c1-6-9-14-18-15(13(3)7-2)16(21)20(14)12-17(19(4)5)10-8-11-17/h13-15,18H,6-12H2,1-5H3. The molecule has 0 aromatic carbocycles. The summed E-state index contributed by atoms with van der Waals surface area (Å²) in [6, 6.07) is 0.0193. The molecule has 3 unspecified atom stereocenters. The van der Waals surface area contributed by atoms with Gasteiger partial charge in [0.15, 0.2) is 0 Å². The molecule has 4 nitrogen and oxygen atoms in total. The fourth-order valence-corrected chi connectivity index (χ4v) is 3.69. The average molecular weight is 295 g/mol. The second-order valence-corrected chi connectivity index (χ2v) is 7.27. The summed E-state index contributed by atoms with van der Waals surface area (Å²) in [6.07, 6.45) is 7.19. The lowest BCUT2D eigenvalue weighted by Crippen LogP contribution is -2.59. The Morgan fingerprint density at radius 1 is 1.38 bits per heavy atom. The molecule has 1 heterocycles. The molecule has 0 spiro atoms. The van der Waals surface area contributed by atoms with Crippen LogP contribution in [0.5, 0.6) is 0 Å². The highest BCUT2D eigenvalue weighted by Crippen LogP contribution is 2.38. The Kier molecular flexibility index (Phi) is 5.31. The van der Waals surface area contributed by atoms with Gasteiger partial charge in [0.25, 0.3) is 0 Å². The van der Waals surface area contributed by atoms with E-state index in [0.717, 1.165) is 25.8 Å². The number of carbonyl (C=O) groups is 1. The Bertz CT molecular complexity index is 365. The smallest absolute Gasteiger partial charge is 0.241 e. The van der Waals surface area contributed by atoms with Gasteiger partial charge in [-0.15, -0.1) is 0 Å². The third kappa shape index (κ3) is 3.11. The maximum atomic E-state index is 12.9. The van der Waals surface area contributed by atoms with E-state index in [1.54, 1.807) is 0 Å². The molecule has 122 valence electrons. The van der Waals surface area contributed by atoms with Crippen molar-refractivity contribution >= 4 is 5.91 Å². The van der Waals surface area contributed by atoms with Crippen molar-refractivity contribution in [2.75, 3.05) is 20.6 Å². The maximum absolute atomic E-state index is 12.9. The van der Waals surface area contributed by atoms with E-state index in [1.165, 1.54) is 19.3 Å². The van der Waals surface area contributed by atoms with E-state index in [1.807, 2.05) is 0 Å². The molecule has 0 bridgehead atoms. The van der Waals surface area contributed by atoms with Crippen molar-refractivity contribution in [1.82, 2.24) is 15.1 Å². The predicted octanol–water partition coefficient (Wildman–Crippen LogP) is 2.44. The van der Waals surface area contributed by atoms with Crippen LogP contribution < -0.4 is 5.32 Å². The number of likely N-dealkylation sites (N-methyl/N-ethyl adjacent to an activating group) is 1. The molecule has 1 aliphatic heterocycles. The van der Waals surface area contributed by atoms with Crippen LogP contribution in [0.25, 0.3) is 0 Å². The van der Waals surface area contributed by atoms with Gasteiger partial charge in [0.2, 0.25) is 5.91 Å². The van der Waals surface area contributed by atoms with Crippen molar-refractivity contribution in [1.29, 1.82) is 0 Å². The minimum Gasteiger partial charge on any atom is -0.324 e. The van der Waals surface area contributed by atoms with E-state index in [4.69, 9.17) is 0 Å². The summed E-state index contributed by atoms with van der Waals surface area (Å²) < 4.78 is 0. The molecule has 0 aromatic heterocycles. The lowest BCUT2D eigenvalue weighted by atomic mass is 9.75. The second-order valence-electron chi connectivity index (χ2n) is 7.27. The molecule has 1 amide bonds. The Balaban J connectivity index is 2.12. The van der Waals surface area contributed by atoms with Gasteiger partial charge >= 0.3 is 0 Å². The molecule has 4 heteroatoms. The minimum absolute atomic E-state index is 0.0193. The largest absolute Gasteiger partial charge is 0.324 e. The molecule has 2 rings (SSSR count). The van der Waals surface area contributed by atoms with Crippen molar-refractivity contribution in [3.05, 3.63) is 0 Å². The Morgan fingerprint density at radius 2 is 2.05 bits per heavy atom. The second kappa shape index (κ2) is 6.66. The number of nitrogens with one attached hydrogen (secondary N) is 1. The number of rotatable bonds is 7. The number of nitrogens with zero attached hydrogens (tertiary/aromatic N) is 2. The van der Waals surface area contributed by atoms with Crippen LogP contribution >= 0.6 is 0 Å². The van der Waals surface area contributed by atoms with Crippen molar-refractivity contribution in [2.24, 2.45) is 5.92 Å². The number of hydrogen-bond acceptors (Lipinski definition) is 3. The molecule has 0 aromatic rings. The number of carbonyl (C=O) groups excluding carboxylic acids is 1. The van der Waals surface area contributed by atoms with Gasteiger partial charge in [0.05, 0.1) is 12.2 Å². The molecule has 3 atom stereocenters. The van der Waals surface area contributed by atoms with E-state index < -0.39 is 0 Å². The third-order valence-electron chi connectivity index (χ3n) is 5.77. The SMILES string of the molecule is CCCC1NC(C(C)CC)C(=O)N1CC1(N(C)C)CCC1.